The van der Waals surface area contributed by atoms with Crippen molar-refractivity contribution >= 4 is 0 Å². The Morgan fingerprint density at radius 1 is 0.760 bits per heavy atom. The van der Waals surface area contributed by atoms with Crippen LogP contribution in [0.3, 0.4) is 0 Å². The molecule has 0 saturated heterocycles. The van der Waals surface area contributed by atoms with Gasteiger partial charge in [-0.1, -0.05) is 74.5 Å². The molecule has 0 aliphatic heterocycles. The van der Waals surface area contributed by atoms with Crippen molar-refractivity contribution in [1.82, 2.24) is 4.90 Å². The molecule has 0 fully saturated rings. The molecule has 0 bridgehead atoms. The Morgan fingerprint density at radius 3 is 1.56 bits per heavy atom. The zero-order chi connectivity index (χ0) is 18.2. The topological polar surface area (TPSA) is 43.7 Å². The molecule has 136 valence electrons. The van der Waals surface area contributed by atoms with Gasteiger partial charge in [-0.15, -0.1) is 0 Å². The largest absolute Gasteiger partial charge is 0.393 e. The predicted molar refractivity (Wildman–Crippen MR) is 103 cm³/mol. The van der Waals surface area contributed by atoms with Crippen LogP contribution in [0.4, 0.5) is 0 Å². The molecule has 0 aromatic heterocycles. The zero-order valence-electron chi connectivity index (χ0n) is 15.5. The number of aliphatic hydroxyl groups excluding tert-OH is 2. The van der Waals surface area contributed by atoms with Crippen molar-refractivity contribution < 1.29 is 10.2 Å². The second-order valence-corrected chi connectivity index (χ2v) is 7.26. The van der Waals surface area contributed by atoms with Crippen molar-refractivity contribution in [3.8, 4) is 0 Å². The van der Waals surface area contributed by atoms with Crippen LogP contribution in [0, 0.1) is 5.92 Å². The van der Waals surface area contributed by atoms with Crippen LogP contribution >= 0.6 is 0 Å². The Balaban J connectivity index is 2.26. The van der Waals surface area contributed by atoms with E-state index >= 15 is 0 Å². The van der Waals surface area contributed by atoms with E-state index in [0.717, 1.165) is 13.1 Å². The van der Waals surface area contributed by atoms with Crippen LogP contribution < -0.4 is 0 Å². The highest BCUT2D eigenvalue weighted by Crippen LogP contribution is 2.23. The average Bonchev–Trinajstić information content (AvgIpc) is 2.55. The lowest BCUT2D eigenvalue weighted by Crippen LogP contribution is -2.47. The number of rotatable bonds is 9. The molecule has 0 radical (unpaired) electrons. The summed E-state index contributed by atoms with van der Waals surface area (Å²) in [5, 5.41) is 20.5. The standard InChI is InChI=1S/C22H31NO2/c1-17(2)22(21(25)14-18(3)24)23(15-19-10-6-4-7-11-19)16-20-12-8-5-9-13-20/h4-13,17-18,21-22,24-25H,14-16H2,1-3H3/t18-,21-,22+/m1/s1. The summed E-state index contributed by atoms with van der Waals surface area (Å²) < 4.78 is 0. The highest BCUT2D eigenvalue weighted by Gasteiger charge is 2.30. The van der Waals surface area contributed by atoms with Crippen molar-refractivity contribution in [2.75, 3.05) is 0 Å². The molecule has 0 aliphatic rings. The molecule has 0 heterocycles. The van der Waals surface area contributed by atoms with Crippen molar-refractivity contribution in [3.05, 3.63) is 71.8 Å². The van der Waals surface area contributed by atoms with Crippen molar-refractivity contribution in [2.24, 2.45) is 5.92 Å². The molecule has 3 atom stereocenters. The Kier molecular flexibility index (Phi) is 7.63. The first-order valence-electron chi connectivity index (χ1n) is 9.15. The van der Waals surface area contributed by atoms with Crippen LogP contribution in [0.5, 0.6) is 0 Å². The number of hydrogen-bond acceptors (Lipinski definition) is 3. The number of nitrogens with zero attached hydrogens (tertiary/aromatic N) is 1. The second kappa shape index (κ2) is 9.71. The maximum atomic E-state index is 10.8. The summed E-state index contributed by atoms with van der Waals surface area (Å²) in [6.07, 6.45) is -0.679. The number of aliphatic hydroxyl groups is 2. The highest BCUT2D eigenvalue weighted by molar-refractivity contribution is 5.17. The lowest BCUT2D eigenvalue weighted by molar-refractivity contribution is -0.0107. The fourth-order valence-corrected chi connectivity index (χ4v) is 3.50. The first-order valence-corrected chi connectivity index (χ1v) is 9.15. The summed E-state index contributed by atoms with van der Waals surface area (Å²) in [7, 11) is 0. The maximum absolute atomic E-state index is 10.8. The first-order chi connectivity index (χ1) is 12.0. The van der Waals surface area contributed by atoms with E-state index in [2.05, 4.69) is 43.0 Å². The molecular weight excluding hydrogens is 310 g/mol. The van der Waals surface area contributed by atoms with Crippen molar-refractivity contribution in [3.63, 3.8) is 0 Å². The molecule has 2 N–H and O–H groups in total. The Morgan fingerprint density at radius 2 is 1.20 bits per heavy atom. The van der Waals surface area contributed by atoms with Gasteiger partial charge in [0.05, 0.1) is 12.2 Å². The van der Waals surface area contributed by atoms with Gasteiger partial charge in [-0.25, -0.2) is 0 Å². The van der Waals surface area contributed by atoms with Crippen LogP contribution in [-0.4, -0.2) is 33.4 Å². The minimum atomic E-state index is -0.563. The Labute approximate surface area is 151 Å². The predicted octanol–water partition coefficient (Wildman–Crippen LogP) is 3.85. The molecule has 0 unspecified atom stereocenters. The summed E-state index contributed by atoms with van der Waals surface area (Å²) >= 11 is 0. The molecule has 0 spiro atoms. The lowest BCUT2D eigenvalue weighted by Gasteiger charge is -2.38. The Bertz CT molecular complexity index is 556. The third kappa shape index (κ3) is 6.28. The quantitative estimate of drug-likeness (QED) is 0.728. The monoisotopic (exact) mass is 341 g/mol. The van der Waals surface area contributed by atoms with E-state index in [4.69, 9.17) is 0 Å². The van der Waals surface area contributed by atoms with Crippen LogP contribution in [0.2, 0.25) is 0 Å². The lowest BCUT2D eigenvalue weighted by atomic mass is 9.92. The second-order valence-electron chi connectivity index (χ2n) is 7.26. The van der Waals surface area contributed by atoms with Crippen molar-refractivity contribution in [2.45, 2.75) is 58.5 Å². The minimum Gasteiger partial charge on any atom is -0.393 e. The van der Waals surface area contributed by atoms with E-state index < -0.39 is 12.2 Å². The average molecular weight is 341 g/mol. The van der Waals surface area contributed by atoms with Gasteiger partial charge in [0.1, 0.15) is 0 Å². The van der Waals surface area contributed by atoms with Crippen LogP contribution in [0.1, 0.15) is 38.3 Å². The molecular formula is C22H31NO2. The summed E-state index contributed by atoms with van der Waals surface area (Å²) in [5.74, 6) is 0.279. The molecule has 2 rings (SSSR count). The number of hydrogen-bond donors (Lipinski definition) is 2. The molecule has 0 aliphatic carbocycles. The fraction of sp³-hybridized carbons (Fsp3) is 0.455. The van der Waals surface area contributed by atoms with Crippen LogP contribution in [0.25, 0.3) is 0 Å². The van der Waals surface area contributed by atoms with Gasteiger partial charge in [0.2, 0.25) is 0 Å². The molecule has 0 saturated carbocycles. The molecule has 25 heavy (non-hydrogen) atoms. The van der Waals surface area contributed by atoms with E-state index in [-0.39, 0.29) is 12.0 Å². The van der Waals surface area contributed by atoms with E-state index in [1.54, 1.807) is 6.92 Å². The summed E-state index contributed by atoms with van der Waals surface area (Å²) in [5.41, 5.74) is 2.46. The SMILES string of the molecule is CC(C)[C@@H]([C@H](O)C[C@@H](C)O)N(Cc1ccccc1)Cc1ccccc1. The van der Waals surface area contributed by atoms with Gasteiger partial charge in [-0.2, -0.15) is 0 Å². The van der Waals surface area contributed by atoms with Crippen molar-refractivity contribution in [1.29, 1.82) is 0 Å². The summed E-state index contributed by atoms with van der Waals surface area (Å²) in [6, 6.07) is 20.7. The first kappa shape index (κ1) is 19.6. The Hall–Kier alpha value is -1.68. The summed E-state index contributed by atoms with van der Waals surface area (Å²) in [4.78, 5) is 2.34. The third-order valence-electron chi connectivity index (χ3n) is 4.54. The van der Waals surface area contributed by atoms with Gasteiger partial charge >= 0.3 is 0 Å². The van der Waals surface area contributed by atoms with E-state index in [0.29, 0.717) is 6.42 Å². The van der Waals surface area contributed by atoms with Gasteiger partial charge < -0.3 is 10.2 Å². The fourth-order valence-electron chi connectivity index (χ4n) is 3.50. The van der Waals surface area contributed by atoms with Gasteiger partial charge in [0, 0.05) is 25.6 Å². The zero-order valence-corrected chi connectivity index (χ0v) is 15.5. The molecule has 2 aromatic carbocycles. The van der Waals surface area contributed by atoms with E-state index in [1.165, 1.54) is 11.1 Å². The normalized spacial score (nSPS) is 15.3. The molecule has 3 heteroatoms. The smallest absolute Gasteiger partial charge is 0.0722 e. The van der Waals surface area contributed by atoms with Gasteiger partial charge in [-0.3, -0.25) is 4.90 Å². The van der Waals surface area contributed by atoms with Crippen LogP contribution in [-0.2, 0) is 13.1 Å². The molecule has 2 aromatic rings. The number of benzene rings is 2. The van der Waals surface area contributed by atoms with Gasteiger partial charge in [0.25, 0.3) is 0 Å². The van der Waals surface area contributed by atoms with Gasteiger partial charge in [-0.05, 0) is 24.0 Å². The van der Waals surface area contributed by atoms with Gasteiger partial charge in [0.15, 0.2) is 0 Å². The molecule has 3 nitrogen and oxygen atoms in total. The van der Waals surface area contributed by atoms with E-state index in [9.17, 15) is 10.2 Å². The highest BCUT2D eigenvalue weighted by atomic mass is 16.3. The van der Waals surface area contributed by atoms with Crippen LogP contribution in [0.15, 0.2) is 60.7 Å². The van der Waals surface area contributed by atoms with E-state index in [1.807, 2.05) is 36.4 Å². The summed E-state index contributed by atoms with van der Waals surface area (Å²) in [6.45, 7) is 7.56. The minimum absolute atomic E-state index is 0.0185. The molecule has 0 amide bonds. The maximum Gasteiger partial charge on any atom is 0.0722 e. The third-order valence-corrected chi connectivity index (χ3v) is 4.54.